The molecule has 0 atom stereocenters. The minimum atomic E-state index is 0.573. The molecule has 2 heterocycles. The zero-order valence-electron chi connectivity index (χ0n) is 14.1. The van der Waals surface area contributed by atoms with E-state index in [9.17, 15) is 5.26 Å². The first-order chi connectivity index (χ1) is 11.8. The molecule has 0 amide bonds. The first kappa shape index (κ1) is 16.7. The van der Waals surface area contributed by atoms with Crippen LogP contribution in [-0.4, -0.2) is 53.8 Å². The molecular formula is C18H21N5S. The van der Waals surface area contributed by atoms with Crippen molar-refractivity contribution in [1.29, 1.82) is 5.26 Å². The highest BCUT2D eigenvalue weighted by Crippen LogP contribution is 2.30. The van der Waals surface area contributed by atoms with Crippen LogP contribution in [0.3, 0.4) is 0 Å². The number of hydrogen-bond donors (Lipinski definition) is 0. The molecule has 1 aliphatic heterocycles. The van der Waals surface area contributed by atoms with Gasteiger partial charge in [-0.15, -0.1) is 0 Å². The lowest BCUT2D eigenvalue weighted by molar-refractivity contribution is 0.270. The second-order valence-corrected chi connectivity index (χ2v) is 6.43. The number of piperazine rings is 1. The fourth-order valence-electron chi connectivity index (χ4n) is 2.93. The Bertz CT molecular complexity index is 733. The zero-order chi connectivity index (χ0) is 16.9. The molecule has 5 nitrogen and oxygen atoms in total. The normalized spacial score (nSPS) is 15.3. The Balaban J connectivity index is 2.04. The van der Waals surface area contributed by atoms with E-state index >= 15 is 0 Å². The first-order valence-corrected chi connectivity index (χ1v) is 9.38. The molecular weight excluding hydrogens is 318 g/mol. The van der Waals surface area contributed by atoms with Crippen LogP contribution in [0.2, 0.25) is 0 Å². The van der Waals surface area contributed by atoms with Crippen molar-refractivity contribution in [2.45, 2.75) is 12.1 Å². The number of nitriles is 1. The van der Waals surface area contributed by atoms with E-state index < -0.39 is 0 Å². The SMILES string of the molecule is CCN1CCN(c2nc(SC)nc(-c3ccccc3)c2C#N)CC1. The number of anilines is 1. The maximum atomic E-state index is 9.78. The quantitative estimate of drug-likeness (QED) is 0.631. The third kappa shape index (κ3) is 3.37. The Labute approximate surface area is 147 Å². The topological polar surface area (TPSA) is 56.1 Å². The number of thioether (sulfide) groups is 1. The van der Waals surface area contributed by atoms with Crippen LogP contribution in [0.5, 0.6) is 0 Å². The summed E-state index contributed by atoms with van der Waals surface area (Å²) in [6.45, 7) is 7.03. The highest BCUT2D eigenvalue weighted by molar-refractivity contribution is 7.98. The fourth-order valence-corrected chi connectivity index (χ4v) is 3.29. The summed E-state index contributed by atoms with van der Waals surface area (Å²) in [6, 6.07) is 12.2. The van der Waals surface area contributed by atoms with Gasteiger partial charge in [0.25, 0.3) is 0 Å². The number of benzene rings is 1. The molecule has 24 heavy (non-hydrogen) atoms. The molecule has 3 rings (SSSR count). The lowest BCUT2D eigenvalue weighted by atomic mass is 10.1. The second-order valence-electron chi connectivity index (χ2n) is 5.66. The van der Waals surface area contributed by atoms with Crippen LogP contribution in [0.25, 0.3) is 11.3 Å². The summed E-state index contributed by atoms with van der Waals surface area (Å²) in [5.74, 6) is 0.770. The van der Waals surface area contributed by atoms with Gasteiger partial charge in [0.15, 0.2) is 11.0 Å². The molecule has 0 saturated carbocycles. The maximum absolute atomic E-state index is 9.78. The molecule has 0 aliphatic carbocycles. The Morgan fingerprint density at radius 1 is 1.12 bits per heavy atom. The molecule has 0 N–H and O–H groups in total. The van der Waals surface area contributed by atoms with Crippen molar-refractivity contribution in [1.82, 2.24) is 14.9 Å². The summed E-state index contributed by atoms with van der Waals surface area (Å²) in [5, 5.41) is 10.5. The van der Waals surface area contributed by atoms with Gasteiger partial charge in [0.2, 0.25) is 0 Å². The third-order valence-corrected chi connectivity index (χ3v) is 4.88. The molecule has 1 aliphatic rings. The van der Waals surface area contributed by atoms with E-state index in [1.807, 2.05) is 36.6 Å². The molecule has 1 saturated heterocycles. The minimum absolute atomic E-state index is 0.573. The number of rotatable bonds is 4. The number of aromatic nitrogens is 2. The molecule has 1 fully saturated rings. The summed E-state index contributed by atoms with van der Waals surface area (Å²) in [7, 11) is 0. The average molecular weight is 339 g/mol. The van der Waals surface area contributed by atoms with Gasteiger partial charge in [0.05, 0.1) is 5.69 Å². The van der Waals surface area contributed by atoms with Gasteiger partial charge in [-0.25, -0.2) is 9.97 Å². The average Bonchev–Trinajstić information content (AvgIpc) is 2.67. The van der Waals surface area contributed by atoms with Crippen LogP contribution >= 0.6 is 11.8 Å². The largest absolute Gasteiger partial charge is 0.353 e. The van der Waals surface area contributed by atoms with E-state index in [0.29, 0.717) is 10.7 Å². The summed E-state index contributed by atoms with van der Waals surface area (Å²) in [4.78, 5) is 13.9. The summed E-state index contributed by atoms with van der Waals surface area (Å²) < 4.78 is 0. The van der Waals surface area contributed by atoms with Crippen LogP contribution in [0.1, 0.15) is 12.5 Å². The van der Waals surface area contributed by atoms with Crippen molar-refractivity contribution in [2.24, 2.45) is 0 Å². The highest BCUT2D eigenvalue weighted by Gasteiger charge is 2.23. The molecule has 2 aromatic rings. The maximum Gasteiger partial charge on any atom is 0.189 e. The van der Waals surface area contributed by atoms with Crippen molar-refractivity contribution >= 4 is 17.6 Å². The number of nitrogens with zero attached hydrogens (tertiary/aromatic N) is 5. The minimum Gasteiger partial charge on any atom is -0.353 e. The molecule has 6 heteroatoms. The van der Waals surface area contributed by atoms with Gasteiger partial charge in [-0.3, -0.25) is 0 Å². The molecule has 0 bridgehead atoms. The number of likely N-dealkylation sites (N-methyl/N-ethyl adjacent to an activating group) is 1. The molecule has 124 valence electrons. The van der Waals surface area contributed by atoms with E-state index in [2.05, 4.69) is 32.8 Å². The molecule has 0 radical (unpaired) electrons. The van der Waals surface area contributed by atoms with Crippen LogP contribution in [-0.2, 0) is 0 Å². The van der Waals surface area contributed by atoms with Gasteiger partial charge in [-0.2, -0.15) is 5.26 Å². The van der Waals surface area contributed by atoms with Crippen LogP contribution in [0.15, 0.2) is 35.5 Å². The van der Waals surface area contributed by atoms with Gasteiger partial charge in [0.1, 0.15) is 11.6 Å². The Hall–Kier alpha value is -2.10. The molecule has 0 unspecified atom stereocenters. The van der Waals surface area contributed by atoms with Gasteiger partial charge >= 0.3 is 0 Å². The van der Waals surface area contributed by atoms with E-state index in [0.717, 1.165) is 49.8 Å². The fraction of sp³-hybridized carbons (Fsp3) is 0.389. The van der Waals surface area contributed by atoms with E-state index in [-0.39, 0.29) is 0 Å². The first-order valence-electron chi connectivity index (χ1n) is 8.15. The highest BCUT2D eigenvalue weighted by atomic mass is 32.2. The monoisotopic (exact) mass is 339 g/mol. The van der Waals surface area contributed by atoms with Crippen molar-refractivity contribution in [2.75, 3.05) is 43.9 Å². The standard InChI is InChI=1S/C18H21N5S/c1-3-22-9-11-23(12-10-22)17-15(13-19)16(20-18(21-17)24-2)14-7-5-4-6-8-14/h4-8H,3,9-12H2,1-2H3. The van der Waals surface area contributed by atoms with E-state index in [4.69, 9.17) is 0 Å². The smallest absolute Gasteiger partial charge is 0.189 e. The summed E-state index contributed by atoms with van der Waals surface area (Å²) in [5.41, 5.74) is 2.26. The Morgan fingerprint density at radius 2 is 1.83 bits per heavy atom. The van der Waals surface area contributed by atoms with Crippen molar-refractivity contribution in [3.05, 3.63) is 35.9 Å². The van der Waals surface area contributed by atoms with Crippen molar-refractivity contribution in [3.63, 3.8) is 0 Å². The van der Waals surface area contributed by atoms with E-state index in [1.165, 1.54) is 11.8 Å². The Kier molecular flexibility index (Phi) is 5.34. The number of hydrogen-bond acceptors (Lipinski definition) is 6. The van der Waals surface area contributed by atoms with Gasteiger partial charge < -0.3 is 9.80 Å². The van der Waals surface area contributed by atoms with Crippen LogP contribution < -0.4 is 4.90 Å². The molecule has 0 spiro atoms. The molecule has 1 aromatic carbocycles. The lowest BCUT2D eigenvalue weighted by Gasteiger charge is -2.35. The second kappa shape index (κ2) is 7.65. The van der Waals surface area contributed by atoms with Crippen LogP contribution in [0.4, 0.5) is 5.82 Å². The Morgan fingerprint density at radius 3 is 2.42 bits per heavy atom. The third-order valence-electron chi connectivity index (χ3n) is 4.33. The van der Waals surface area contributed by atoms with Crippen LogP contribution in [0, 0.1) is 11.3 Å². The predicted molar refractivity (Wildman–Crippen MR) is 98.3 cm³/mol. The van der Waals surface area contributed by atoms with Gasteiger partial charge in [0, 0.05) is 31.7 Å². The lowest BCUT2D eigenvalue weighted by Crippen LogP contribution is -2.46. The predicted octanol–water partition coefficient (Wildman–Crippen LogP) is 2.88. The summed E-state index contributed by atoms with van der Waals surface area (Å²) >= 11 is 1.51. The van der Waals surface area contributed by atoms with Gasteiger partial charge in [-0.05, 0) is 12.8 Å². The summed E-state index contributed by atoms with van der Waals surface area (Å²) in [6.07, 6.45) is 1.97. The van der Waals surface area contributed by atoms with Gasteiger partial charge in [-0.1, -0.05) is 49.0 Å². The van der Waals surface area contributed by atoms with Crippen molar-refractivity contribution in [3.8, 4) is 17.3 Å². The van der Waals surface area contributed by atoms with E-state index in [1.54, 1.807) is 0 Å². The van der Waals surface area contributed by atoms with Crippen molar-refractivity contribution < 1.29 is 0 Å². The zero-order valence-corrected chi connectivity index (χ0v) is 14.9. The molecule has 1 aromatic heterocycles.